The number of aryl methyl sites for hydroxylation is 1. The number of halogens is 2. The van der Waals surface area contributed by atoms with E-state index >= 15 is 0 Å². The number of carbonyl (C=O) groups is 1. The number of nitrogens with one attached hydrogen (secondary N) is 2. The largest absolute Gasteiger partial charge is 0.322 e. The molecule has 1 amide bonds. The van der Waals surface area contributed by atoms with Gasteiger partial charge in [-0.05, 0) is 77.5 Å². The molecule has 5 nitrogen and oxygen atoms in total. The van der Waals surface area contributed by atoms with E-state index in [4.69, 9.17) is 11.6 Å². The molecular formula is C18H13ClIN3O2. The topological polar surface area (TPSA) is 74.8 Å². The molecule has 1 heterocycles. The molecule has 0 saturated heterocycles. The highest BCUT2D eigenvalue weighted by atomic mass is 127. The van der Waals surface area contributed by atoms with Gasteiger partial charge in [-0.25, -0.2) is 4.98 Å². The van der Waals surface area contributed by atoms with Gasteiger partial charge in [0.05, 0.1) is 0 Å². The Balaban J connectivity index is 1.86. The number of aromatic nitrogens is 2. The highest BCUT2D eigenvalue weighted by molar-refractivity contribution is 14.1. The second-order valence-corrected chi connectivity index (χ2v) is 7.08. The molecule has 0 fully saturated rings. The van der Waals surface area contributed by atoms with E-state index in [1.165, 1.54) is 6.20 Å². The van der Waals surface area contributed by atoms with Crippen LogP contribution in [0.4, 0.5) is 5.69 Å². The second kappa shape index (κ2) is 7.37. The molecular weight excluding hydrogens is 453 g/mol. The number of amides is 1. The summed E-state index contributed by atoms with van der Waals surface area (Å²) in [5.74, 6) is -0.121. The summed E-state index contributed by atoms with van der Waals surface area (Å²) in [6, 6.07) is 12.5. The number of aromatic amines is 1. The molecule has 3 aromatic rings. The normalized spacial score (nSPS) is 10.5. The van der Waals surface area contributed by atoms with Crippen LogP contribution in [0, 0.1) is 10.5 Å². The number of hydrogen-bond acceptors (Lipinski definition) is 3. The van der Waals surface area contributed by atoms with Crippen LogP contribution in [0.15, 0.2) is 53.5 Å². The minimum absolute atomic E-state index is 0.0457. The quantitative estimate of drug-likeness (QED) is 0.568. The van der Waals surface area contributed by atoms with E-state index in [1.807, 2.05) is 19.1 Å². The SMILES string of the molecule is Cc1cc(I)ccc1NC(=O)c1cnc(-c2ccc(Cl)cc2)[nH]c1=O. The molecule has 2 N–H and O–H groups in total. The standard InChI is InChI=1S/C18H13ClIN3O2/c1-10-8-13(20)6-7-15(10)22-17(24)14-9-21-16(23-18(14)25)11-2-4-12(19)5-3-11/h2-9H,1H3,(H,22,24)(H,21,23,25). The average molecular weight is 466 g/mol. The lowest BCUT2D eigenvalue weighted by molar-refractivity contribution is 0.102. The smallest absolute Gasteiger partial charge is 0.264 e. The Bertz CT molecular complexity index is 1000. The first kappa shape index (κ1) is 17.6. The van der Waals surface area contributed by atoms with Crippen molar-refractivity contribution in [2.24, 2.45) is 0 Å². The predicted molar refractivity (Wildman–Crippen MR) is 107 cm³/mol. The van der Waals surface area contributed by atoms with Crippen LogP contribution in [-0.2, 0) is 0 Å². The van der Waals surface area contributed by atoms with Crippen LogP contribution in [0.2, 0.25) is 5.02 Å². The summed E-state index contributed by atoms with van der Waals surface area (Å²) in [6.07, 6.45) is 1.28. The molecule has 0 saturated carbocycles. The summed E-state index contributed by atoms with van der Waals surface area (Å²) in [6.45, 7) is 1.89. The van der Waals surface area contributed by atoms with Gasteiger partial charge in [-0.3, -0.25) is 9.59 Å². The van der Waals surface area contributed by atoms with Crippen molar-refractivity contribution >= 4 is 45.8 Å². The van der Waals surface area contributed by atoms with E-state index in [0.29, 0.717) is 22.1 Å². The lowest BCUT2D eigenvalue weighted by Crippen LogP contribution is -2.24. The van der Waals surface area contributed by atoms with Crippen molar-refractivity contribution in [2.45, 2.75) is 6.92 Å². The van der Waals surface area contributed by atoms with Crippen molar-refractivity contribution in [1.29, 1.82) is 0 Å². The van der Waals surface area contributed by atoms with E-state index in [1.54, 1.807) is 30.3 Å². The molecule has 25 heavy (non-hydrogen) atoms. The minimum atomic E-state index is -0.499. The van der Waals surface area contributed by atoms with E-state index in [2.05, 4.69) is 37.9 Å². The van der Waals surface area contributed by atoms with Gasteiger partial charge in [0.1, 0.15) is 11.4 Å². The van der Waals surface area contributed by atoms with E-state index in [-0.39, 0.29) is 5.56 Å². The first-order valence-electron chi connectivity index (χ1n) is 7.37. The zero-order valence-corrected chi connectivity index (χ0v) is 16.1. The second-order valence-electron chi connectivity index (χ2n) is 5.39. The number of H-pyrrole nitrogens is 1. The Morgan fingerprint density at radius 3 is 2.56 bits per heavy atom. The molecule has 3 rings (SSSR count). The van der Waals surface area contributed by atoms with Gasteiger partial charge in [-0.2, -0.15) is 0 Å². The molecule has 2 aromatic carbocycles. The number of rotatable bonds is 3. The van der Waals surface area contributed by atoms with Crippen molar-refractivity contribution in [3.05, 3.63) is 78.7 Å². The van der Waals surface area contributed by atoms with Gasteiger partial charge in [-0.1, -0.05) is 11.6 Å². The van der Waals surface area contributed by atoms with Gasteiger partial charge in [0, 0.05) is 26.0 Å². The van der Waals surface area contributed by atoms with Gasteiger partial charge < -0.3 is 10.3 Å². The van der Waals surface area contributed by atoms with Gasteiger partial charge >= 0.3 is 0 Å². The summed E-state index contributed by atoms with van der Waals surface area (Å²) in [4.78, 5) is 31.4. The van der Waals surface area contributed by atoms with Gasteiger partial charge in [0.2, 0.25) is 0 Å². The molecule has 0 aliphatic rings. The summed E-state index contributed by atoms with van der Waals surface area (Å²) in [5, 5.41) is 3.33. The molecule has 0 unspecified atom stereocenters. The van der Waals surface area contributed by atoms with Crippen molar-refractivity contribution < 1.29 is 4.79 Å². The first-order valence-corrected chi connectivity index (χ1v) is 8.82. The molecule has 126 valence electrons. The molecule has 0 bridgehead atoms. The van der Waals surface area contributed by atoms with Crippen LogP contribution in [0.1, 0.15) is 15.9 Å². The first-order chi connectivity index (χ1) is 11.9. The Labute approximate surface area is 162 Å². The lowest BCUT2D eigenvalue weighted by Gasteiger charge is -2.09. The molecule has 0 aliphatic carbocycles. The number of benzene rings is 2. The molecule has 0 atom stereocenters. The highest BCUT2D eigenvalue weighted by Crippen LogP contribution is 2.19. The predicted octanol–water partition coefficient (Wildman–Crippen LogP) is 4.26. The molecule has 1 aromatic heterocycles. The molecule has 7 heteroatoms. The summed E-state index contributed by atoms with van der Waals surface area (Å²) < 4.78 is 1.07. The third kappa shape index (κ3) is 4.08. The average Bonchev–Trinajstić information content (AvgIpc) is 2.58. The van der Waals surface area contributed by atoms with E-state index in [9.17, 15) is 9.59 Å². The van der Waals surface area contributed by atoms with Crippen LogP contribution in [0.3, 0.4) is 0 Å². The van der Waals surface area contributed by atoms with Crippen molar-refractivity contribution in [3.63, 3.8) is 0 Å². The third-order valence-electron chi connectivity index (χ3n) is 3.60. The minimum Gasteiger partial charge on any atom is -0.322 e. The zero-order valence-electron chi connectivity index (χ0n) is 13.1. The van der Waals surface area contributed by atoms with Crippen LogP contribution < -0.4 is 10.9 Å². The van der Waals surface area contributed by atoms with Crippen LogP contribution in [-0.4, -0.2) is 15.9 Å². The zero-order chi connectivity index (χ0) is 18.0. The highest BCUT2D eigenvalue weighted by Gasteiger charge is 2.14. The number of carbonyl (C=O) groups excluding carboxylic acids is 1. The monoisotopic (exact) mass is 465 g/mol. The van der Waals surface area contributed by atoms with Crippen LogP contribution in [0.25, 0.3) is 11.4 Å². The molecule has 0 spiro atoms. The Morgan fingerprint density at radius 1 is 1.20 bits per heavy atom. The maximum absolute atomic E-state index is 12.4. The van der Waals surface area contributed by atoms with Gasteiger partial charge in [-0.15, -0.1) is 0 Å². The maximum atomic E-state index is 12.4. The number of anilines is 1. The van der Waals surface area contributed by atoms with E-state index in [0.717, 1.165) is 9.13 Å². The molecule has 0 radical (unpaired) electrons. The van der Waals surface area contributed by atoms with E-state index < -0.39 is 11.5 Å². The number of hydrogen-bond donors (Lipinski definition) is 2. The summed E-state index contributed by atoms with van der Waals surface area (Å²) >= 11 is 8.05. The number of nitrogens with zero attached hydrogens (tertiary/aromatic N) is 1. The Hall–Kier alpha value is -2.19. The van der Waals surface area contributed by atoms with Crippen molar-refractivity contribution in [2.75, 3.05) is 5.32 Å². The molecule has 0 aliphatic heterocycles. The van der Waals surface area contributed by atoms with Crippen LogP contribution in [0.5, 0.6) is 0 Å². The lowest BCUT2D eigenvalue weighted by atomic mass is 10.2. The van der Waals surface area contributed by atoms with Crippen LogP contribution >= 0.6 is 34.2 Å². The maximum Gasteiger partial charge on any atom is 0.264 e. The summed E-state index contributed by atoms with van der Waals surface area (Å²) in [5.41, 5.74) is 1.74. The fraction of sp³-hybridized carbons (Fsp3) is 0.0556. The summed E-state index contributed by atoms with van der Waals surface area (Å²) in [7, 11) is 0. The van der Waals surface area contributed by atoms with Crippen molar-refractivity contribution in [1.82, 2.24) is 9.97 Å². The van der Waals surface area contributed by atoms with Gasteiger partial charge in [0.25, 0.3) is 11.5 Å². The fourth-order valence-electron chi connectivity index (χ4n) is 2.27. The fourth-order valence-corrected chi connectivity index (χ4v) is 3.04. The third-order valence-corrected chi connectivity index (χ3v) is 4.52. The van der Waals surface area contributed by atoms with Crippen molar-refractivity contribution in [3.8, 4) is 11.4 Å². The Morgan fingerprint density at radius 2 is 1.92 bits per heavy atom. The van der Waals surface area contributed by atoms with Gasteiger partial charge in [0.15, 0.2) is 0 Å². The Kier molecular flexibility index (Phi) is 5.19.